The SMILES string of the molecule is CNC(=C[N+](=O)[O-])NCCSCc1ccc(CN(C)C)o1.O=[C-]O.O=[C-]O.O=[C-]O.[Bi+3]. The first-order chi connectivity index (χ1) is 14.2. The van der Waals surface area contributed by atoms with Crippen molar-refractivity contribution < 1.29 is 39.0 Å². The van der Waals surface area contributed by atoms with Gasteiger partial charge < -0.3 is 49.7 Å². The van der Waals surface area contributed by atoms with E-state index in [1.807, 2.05) is 26.2 Å². The van der Waals surface area contributed by atoms with Gasteiger partial charge in [0.2, 0.25) is 0 Å². The van der Waals surface area contributed by atoms with Crippen molar-refractivity contribution in [1.82, 2.24) is 15.5 Å². The molecule has 13 nitrogen and oxygen atoms in total. The molecule has 0 aliphatic carbocycles. The van der Waals surface area contributed by atoms with Gasteiger partial charge in [-0.2, -0.15) is 11.8 Å². The summed E-state index contributed by atoms with van der Waals surface area (Å²) in [4.78, 5) is 36.6. The number of nitro groups is 1. The van der Waals surface area contributed by atoms with Crippen LogP contribution < -0.4 is 10.6 Å². The molecule has 0 bridgehead atoms. The van der Waals surface area contributed by atoms with Gasteiger partial charge in [0.25, 0.3) is 6.20 Å². The Morgan fingerprint density at radius 2 is 1.68 bits per heavy atom. The largest absolute Gasteiger partial charge is 3.00 e. The summed E-state index contributed by atoms with van der Waals surface area (Å²) in [6.45, 7) is 2.94. The molecule has 0 spiro atoms. The summed E-state index contributed by atoms with van der Waals surface area (Å²) < 4.78 is 5.70. The summed E-state index contributed by atoms with van der Waals surface area (Å²) in [6, 6.07) is 3.98. The number of thioether (sulfide) groups is 1. The third-order valence-corrected chi connectivity index (χ3v) is 3.48. The van der Waals surface area contributed by atoms with Crippen LogP contribution in [0.25, 0.3) is 0 Å². The van der Waals surface area contributed by atoms with E-state index < -0.39 is 4.92 Å². The minimum atomic E-state index is -0.485. The van der Waals surface area contributed by atoms with Gasteiger partial charge in [-0.1, -0.05) is 19.4 Å². The van der Waals surface area contributed by atoms with E-state index in [-0.39, 0.29) is 26.2 Å². The Bertz CT molecular complexity index is 601. The van der Waals surface area contributed by atoms with Crippen LogP contribution in [-0.2, 0) is 26.7 Å². The van der Waals surface area contributed by atoms with Crippen LogP contribution >= 0.6 is 11.8 Å². The molecule has 2 radical (unpaired) electrons. The number of hydrogen-bond acceptors (Lipinski definition) is 10. The predicted octanol–water partition coefficient (Wildman–Crippen LogP) is -0.0870. The van der Waals surface area contributed by atoms with Crippen molar-refractivity contribution in [3.8, 4) is 0 Å². The summed E-state index contributed by atoms with van der Waals surface area (Å²) in [7, 11) is 5.64. The number of hydrogen-bond donors (Lipinski definition) is 5. The molecule has 15 heteroatoms. The Kier molecular flexibility index (Phi) is 32.1. The smallest absolute Gasteiger partial charge is 0.665 e. The van der Waals surface area contributed by atoms with Crippen LogP contribution in [0.15, 0.2) is 28.6 Å². The Morgan fingerprint density at radius 1 is 1.19 bits per heavy atom. The zero-order valence-corrected chi connectivity index (χ0v) is 21.4. The van der Waals surface area contributed by atoms with Crippen molar-refractivity contribution in [2.24, 2.45) is 0 Å². The van der Waals surface area contributed by atoms with Crippen LogP contribution in [0.5, 0.6) is 0 Å². The summed E-state index contributed by atoms with van der Waals surface area (Å²) in [5.41, 5.74) is 0. The molecule has 0 aromatic carbocycles. The number of aliphatic hydroxyl groups excluding tert-OH is 3. The second-order valence-corrected chi connectivity index (χ2v) is 6.04. The molecular weight excluding hydrogens is 633 g/mol. The zero-order valence-electron chi connectivity index (χ0n) is 17.1. The standard InChI is InChI=1S/C13H22N4O3S.3CHO2.Bi/c1-14-13(9-17(18)19)15-6-7-21-10-12-5-4-11(20-12)8-16(2)3;3*2-1-3;/h4-5,9,14-15H,6-8,10H2,1-3H3;3*(H,2,3);/q;3*-1;+3. The van der Waals surface area contributed by atoms with Crippen LogP contribution in [0.3, 0.4) is 0 Å². The fourth-order valence-corrected chi connectivity index (χ4v) is 2.38. The third-order valence-electron chi connectivity index (χ3n) is 2.50. The monoisotopic (exact) mass is 658 g/mol. The van der Waals surface area contributed by atoms with Crippen LogP contribution in [-0.4, -0.2) is 104 Å². The van der Waals surface area contributed by atoms with Crippen molar-refractivity contribution in [3.63, 3.8) is 0 Å². The quantitative estimate of drug-likeness (QED) is 0.0737. The van der Waals surface area contributed by atoms with Crippen molar-refractivity contribution in [3.05, 3.63) is 45.8 Å². The Morgan fingerprint density at radius 3 is 2.10 bits per heavy atom. The molecule has 0 amide bonds. The number of nitrogens with zero attached hydrogens (tertiary/aromatic N) is 2. The molecule has 0 unspecified atom stereocenters. The van der Waals surface area contributed by atoms with E-state index in [9.17, 15) is 10.1 Å². The van der Waals surface area contributed by atoms with Crippen molar-refractivity contribution in [2.45, 2.75) is 12.3 Å². The summed E-state index contributed by atoms with van der Waals surface area (Å²) >= 11 is 1.72. The Hall–Kier alpha value is -2.38. The first kappa shape index (κ1) is 36.0. The van der Waals surface area contributed by atoms with Crippen LogP contribution in [0, 0.1) is 10.1 Å². The summed E-state index contributed by atoms with van der Waals surface area (Å²) in [6.07, 6.45) is 0.921. The molecule has 1 heterocycles. The van der Waals surface area contributed by atoms with E-state index in [0.717, 1.165) is 35.8 Å². The average Bonchev–Trinajstić information content (AvgIpc) is 3.08. The molecule has 0 saturated carbocycles. The van der Waals surface area contributed by atoms with Crippen LogP contribution in [0.1, 0.15) is 11.5 Å². The fourth-order valence-electron chi connectivity index (χ4n) is 1.63. The molecule has 0 saturated heterocycles. The molecule has 31 heavy (non-hydrogen) atoms. The molecule has 1 rings (SSSR count). The van der Waals surface area contributed by atoms with E-state index in [2.05, 4.69) is 15.5 Å². The van der Waals surface area contributed by atoms with Gasteiger partial charge >= 0.3 is 26.2 Å². The number of rotatable bonds is 10. The van der Waals surface area contributed by atoms with Crippen molar-refractivity contribution >= 4 is 57.4 Å². The van der Waals surface area contributed by atoms with E-state index in [1.165, 1.54) is 0 Å². The van der Waals surface area contributed by atoms with Crippen LogP contribution in [0.2, 0.25) is 0 Å². The molecule has 1 aromatic rings. The maximum Gasteiger partial charge on any atom is 3.00 e. The van der Waals surface area contributed by atoms with Gasteiger partial charge in [-0.15, -0.1) is 0 Å². The normalized spacial score (nSPS) is 9.10. The van der Waals surface area contributed by atoms with Gasteiger partial charge in [0.1, 0.15) is 11.5 Å². The molecule has 5 N–H and O–H groups in total. The minimum Gasteiger partial charge on any atom is -0.665 e. The summed E-state index contributed by atoms with van der Waals surface area (Å²) in [5.74, 6) is 3.95. The molecule has 0 fully saturated rings. The van der Waals surface area contributed by atoms with E-state index in [0.29, 0.717) is 31.8 Å². The Balaban J connectivity index is -0.000000312. The molecule has 1 aromatic heterocycles. The predicted molar refractivity (Wildman–Crippen MR) is 115 cm³/mol. The molecule has 0 atom stereocenters. The molecule has 0 aliphatic rings. The van der Waals surface area contributed by atoms with Gasteiger partial charge in [0.15, 0.2) is 5.82 Å². The topological polar surface area (TPSA) is 195 Å². The summed E-state index contributed by atoms with van der Waals surface area (Å²) in [5, 5.41) is 36.3. The average molecular weight is 658 g/mol. The molecular formula is C16H25BiN4O9S. The first-order valence-corrected chi connectivity index (χ1v) is 9.02. The van der Waals surface area contributed by atoms with Gasteiger partial charge in [-0.05, 0) is 26.2 Å². The molecule has 0 aliphatic heterocycles. The van der Waals surface area contributed by atoms with E-state index in [4.69, 9.17) is 34.1 Å². The van der Waals surface area contributed by atoms with Crippen LogP contribution in [0.4, 0.5) is 0 Å². The van der Waals surface area contributed by atoms with Gasteiger partial charge in [-0.3, -0.25) is 10.1 Å². The molecule has 174 valence electrons. The first-order valence-electron chi connectivity index (χ1n) is 7.86. The Labute approximate surface area is 203 Å². The van der Waals surface area contributed by atoms with E-state index >= 15 is 0 Å². The maximum absolute atomic E-state index is 10.3. The van der Waals surface area contributed by atoms with Crippen molar-refractivity contribution in [1.29, 1.82) is 0 Å². The third kappa shape index (κ3) is 29.9. The van der Waals surface area contributed by atoms with Gasteiger partial charge in [0, 0.05) is 19.3 Å². The maximum atomic E-state index is 10.3. The van der Waals surface area contributed by atoms with Gasteiger partial charge in [-0.25, -0.2) is 0 Å². The van der Waals surface area contributed by atoms with Crippen molar-refractivity contribution in [2.75, 3.05) is 33.4 Å². The fraction of sp³-hybridized carbons (Fsp3) is 0.438. The number of nitrogens with one attached hydrogen (secondary N) is 2. The van der Waals surface area contributed by atoms with E-state index in [1.54, 1.807) is 18.8 Å². The number of furan rings is 1. The zero-order chi connectivity index (χ0) is 23.8. The minimum absolute atomic E-state index is 0. The second kappa shape index (κ2) is 27.6. The van der Waals surface area contributed by atoms with Gasteiger partial charge in [0.05, 0.1) is 17.2 Å². The second-order valence-electron chi connectivity index (χ2n) is 4.94.